The lowest BCUT2D eigenvalue weighted by atomic mass is 9.97. The lowest BCUT2D eigenvalue weighted by Gasteiger charge is -2.12. The summed E-state index contributed by atoms with van der Waals surface area (Å²) < 4.78 is 27.2. The van der Waals surface area contributed by atoms with Gasteiger partial charge >= 0.3 is 0 Å². The molecule has 3 aromatic carbocycles. The first-order valence-electron chi connectivity index (χ1n) is 10.4. The van der Waals surface area contributed by atoms with Gasteiger partial charge in [0.25, 0.3) is 10.0 Å². The SMILES string of the molecule is Cc1ccc(-c2ncc(CN=C(N)NS(=O)(=O)c3ccccc3)cc2-c2ccccc2)cc1. The number of hydrogen-bond acceptors (Lipinski definition) is 4. The smallest absolute Gasteiger partial charge is 0.264 e. The summed E-state index contributed by atoms with van der Waals surface area (Å²) in [7, 11) is -3.78. The zero-order chi connectivity index (χ0) is 23.3. The van der Waals surface area contributed by atoms with Gasteiger partial charge in [0, 0.05) is 17.3 Å². The van der Waals surface area contributed by atoms with Crippen LogP contribution in [0.1, 0.15) is 11.1 Å². The van der Waals surface area contributed by atoms with E-state index in [1.807, 2.05) is 43.3 Å². The lowest BCUT2D eigenvalue weighted by molar-refractivity contribution is 0.592. The van der Waals surface area contributed by atoms with E-state index in [2.05, 4.69) is 34.0 Å². The second-order valence-corrected chi connectivity index (χ2v) is 9.27. The highest BCUT2D eigenvalue weighted by Crippen LogP contribution is 2.31. The van der Waals surface area contributed by atoms with Crippen LogP contribution >= 0.6 is 0 Å². The monoisotopic (exact) mass is 456 g/mol. The standard InChI is InChI=1S/C26H24N4O2S/c1-19-12-14-22(15-13-19)25-24(21-8-4-2-5-9-21)16-20(17-28-25)18-29-26(27)30-33(31,32)23-10-6-3-7-11-23/h2-17H,18H2,1H3,(H3,27,29,30). The van der Waals surface area contributed by atoms with Crippen LogP contribution in [0.5, 0.6) is 0 Å². The third-order valence-corrected chi connectivity index (χ3v) is 6.45. The van der Waals surface area contributed by atoms with Crippen LogP contribution in [0.2, 0.25) is 0 Å². The van der Waals surface area contributed by atoms with E-state index in [4.69, 9.17) is 10.7 Å². The Labute approximate surface area is 193 Å². The quantitative estimate of drug-likeness (QED) is 0.329. The maximum Gasteiger partial charge on any atom is 0.264 e. The molecule has 3 N–H and O–H groups in total. The van der Waals surface area contributed by atoms with Gasteiger partial charge < -0.3 is 5.73 Å². The van der Waals surface area contributed by atoms with E-state index in [1.165, 1.54) is 17.7 Å². The minimum atomic E-state index is -3.78. The van der Waals surface area contributed by atoms with E-state index < -0.39 is 10.0 Å². The fraction of sp³-hybridized carbons (Fsp3) is 0.0769. The number of nitrogens with one attached hydrogen (secondary N) is 1. The maximum absolute atomic E-state index is 12.4. The Morgan fingerprint density at radius 1 is 0.909 bits per heavy atom. The summed E-state index contributed by atoms with van der Waals surface area (Å²) >= 11 is 0. The normalized spacial score (nSPS) is 11.8. The zero-order valence-corrected chi connectivity index (χ0v) is 19.0. The van der Waals surface area contributed by atoms with Crippen molar-refractivity contribution in [1.29, 1.82) is 0 Å². The summed E-state index contributed by atoms with van der Waals surface area (Å²) in [6.07, 6.45) is 1.74. The van der Waals surface area contributed by atoms with Gasteiger partial charge in [0.05, 0.1) is 17.1 Å². The summed E-state index contributed by atoms with van der Waals surface area (Å²) in [5.74, 6) is -0.178. The van der Waals surface area contributed by atoms with E-state index in [0.29, 0.717) is 0 Å². The number of pyridine rings is 1. The van der Waals surface area contributed by atoms with Gasteiger partial charge in [0.15, 0.2) is 0 Å². The van der Waals surface area contributed by atoms with Crippen molar-refractivity contribution in [3.05, 3.63) is 108 Å². The highest BCUT2D eigenvalue weighted by molar-refractivity contribution is 7.90. The number of guanidine groups is 1. The Bertz CT molecular complexity index is 1370. The van der Waals surface area contributed by atoms with Crippen molar-refractivity contribution in [2.75, 3.05) is 0 Å². The Balaban J connectivity index is 1.61. The van der Waals surface area contributed by atoms with Gasteiger partial charge in [-0.25, -0.2) is 18.1 Å². The van der Waals surface area contributed by atoms with Crippen molar-refractivity contribution in [3.63, 3.8) is 0 Å². The van der Waals surface area contributed by atoms with Crippen LogP contribution in [-0.2, 0) is 16.6 Å². The van der Waals surface area contributed by atoms with Gasteiger partial charge in [0.1, 0.15) is 0 Å². The van der Waals surface area contributed by atoms with Gasteiger partial charge in [-0.1, -0.05) is 78.4 Å². The van der Waals surface area contributed by atoms with Crippen LogP contribution in [0.4, 0.5) is 0 Å². The average Bonchev–Trinajstić information content (AvgIpc) is 2.84. The Hall–Kier alpha value is -3.97. The third-order valence-electron chi connectivity index (χ3n) is 5.08. The van der Waals surface area contributed by atoms with Gasteiger partial charge in [-0.3, -0.25) is 4.98 Å². The summed E-state index contributed by atoms with van der Waals surface area (Å²) in [5, 5.41) is 0. The molecule has 0 aliphatic carbocycles. The van der Waals surface area contributed by atoms with Gasteiger partial charge in [0.2, 0.25) is 5.96 Å². The summed E-state index contributed by atoms with van der Waals surface area (Å²) in [6, 6.07) is 28.3. The molecular weight excluding hydrogens is 432 g/mol. The predicted molar refractivity (Wildman–Crippen MR) is 132 cm³/mol. The first-order chi connectivity index (χ1) is 15.9. The highest BCUT2D eigenvalue weighted by atomic mass is 32.2. The van der Waals surface area contributed by atoms with Crippen LogP contribution in [0, 0.1) is 6.92 Å². The van der Waals surface area contributed by atoms with Crippen LogP contribution in [0.15, 0.2) is 107 Å². The van der Waals surface area contributed by atoms with E-state index in [-0.39, 0.29) is 17.4 Å². The van der Waals surface area contributed by atoms with Gasteiger partial charge in [-0.15, -0.1) is 0 Å². The van der Waals surface area contributed by atoms with E-state index in [0.717, 1.165) is 27.9 Å². The fourth-order valence-electron chi connectivity index (χ4n) is 3.38. The minimum Gasteiger partial charge on any atom is -0.369 e. The molecule has 0 aliphatic rings. The first-order valence-corrected chi connectivity index (χ1v) is 11.9. The lowest BCUT2D eigenvalue weighted by Crippen LogP contribution is -2.36. The molecule has 4 aromatic rings. The molecule has 0 fully saturated rings. The van der Waals surface area contributed by atoms with Crippen molar-refractivity contribution in [2.45, 2.75) is 18.4 Å². The van der Waals surface area contributed by atoms with Crippen LogP contribution < -0.4 is 10.5 Å². The summed E-state index contributed by atoms with van der Waals surface area (Å²) in [6.45, 7) is 2.23. The molecule has 33 heavy (non-hydrogen) atoms. The number of sulfonamides is 1. The zero-order valence-electron chi connectivity index (χ0n) is 18.1. The topological polar surface area (TPSA) is 97.4 Å². The Morgan fingerprint density at radius 3 is 2.21 bits per heavy atom. The molecular formula is C26H24N4O2S. The largest absolute Gasteiger partial charge is 0.369 e. The predicted octanol–water partition coefficient (Wildman–Crippen LogP) is 4.52. The van der Waals surface area contributed by atoms with Crippen LogP contribution in [0.3, 0.4) is 0 Å². The molecule has 0 unspecified atom stereocenters. The molecule has 166 valence electrons. The van der Waals surface area contributed by atoms with E-state index in [1.54, 1.807) is 24.4 Å². The van der Waals surface area contributed by atoms with Crippen molar-refractivity contribution < 1.29 is 8.42 Å². The second kappa shape index (κ2) is 9.67. The first kappa shape index (κ1) is 22.2. The molecule has 1 aromatic heterocycles. The van der Waals surface area contributed by atoms with Gasteiger partial charge in [-0.2, -0.15) is 0 Å². The van der Waals surface area contributed by atoms with E-state index >= 15 is 0 Å². The maximum atomic E-state index is 12.4. The number of aryl methyl sites for hydroxylation is 1. The van der Waals surface area contributed by atoms with Crippen LogP contribution in [0.25, 0.3) is 22.4 Å². The fourth-order valence-corrected chi connectivity index (χ4v) is 4.35. The molecule has 0 bridgehead atoms. The molecule has 6 nitrogen and oxygen atoms in total. The van der Waals surface area contributed by atoms with Crippen molar-refractivity contribution >= 4 is 16.0 Å². The highest BCUT2D eigenvalue weighted by Gasteiger charge is 2.14. The molecule has 7 heteroatoms. The molecule has 0 radical (unpaired) electrons. The molecule has 0 amide bonds. The number of aliphatic imine (C=N–C) groups is 1. The molecule has 0 atom stereocenters. The summed E-state index contributed by atoms with van der Waals surface area (Å²) in [4.78, 5) is 9.05. The third kappa shape index (κ3) is 5.45. The summed E-state index contributed by atoms with van der Waals surface area (Å²) in [5.41, 5.74) is 11.7. The number of nitrogens with zero attached hydrogens (tertiary/aromatic N) is 2. The Morgan fingerprint density at radius 2 is 1.55 bits per heavy atom. The van der Waals surface area contributed by atoms with Gasteiger partial charge in [-0.05, 0) is 36.2 Å². The van der Waals surface area contributed by atoms with Crippen molar-refractivity contribution in [1.82, 2.24) is 9.71 Å². The molecule has 4 rings (SSSR count). The Kier molecular flexibility index (Phi) is 6.51. The van der Waals surface area contributed by atoms with Crippen molar-refractivity contribution in [3.8, 4) is 22.4 Å². The van der Waals surface area contributed by atoms with Crippen LogP contribution in [-0.4, -0.2) is 19.4 Å². The molecule has 1 heterocycles. The minimum absolute atomic E-state index is 0.124. The molecule has 0 saturated heterocycles. The number of aromatic nitrogens is 1. The number of rotatable bonds is 6. The second-order valence-electron chi connectivity index (χ2n) is 7.59. The van der Waals surface area contributed by atoms with E-state index in [9.17, 15) is 8.42 Å². The van der Waals surface area contributed by atoms with Crippen molar-refractivity contribution in [2.24, 2.45) is 10.7 Å². The molecule has 0 spiro atoms. The average molecular weight is 457 g/mol. The number of benzene rings is 3. The number of nitrogens with two attached hydrogens (primary N) is 1. The molecule has 0 saturated carbocycles. The molecule has 0 aliphatic heterocycles. The number of hydrogen-bond donors (Lipinski definition) is 2.